The Hall–Kier alpha value is -1.92. The number of aryl methyl sites for hydroxylation is 1. The van der Waals surface area contributed by atoms with Crippen LogP contribution in [0.3, 0.4) is 0 Å². The molecule has 0 saturated heterocycles. The molecule has 0 N–H and O–H groups in total. The minimum Gasteiger partial charge on any atom is -0.496 e. The van der Waals surface area contributed by atoms with Crippen molar-refractivity contribution in [2.24, 2.45) is 0 Å². The number of halogens is 1. The van der Waals surface area contributed by atoms with Crippen LogP contribution in [0.2, 0.25) is 5.02 Å². The van der Waals surface area contributed by atoms with Gasteiger partial charge in [0.05, 0.1) is 24.8 Å². The Morgan fingerprint density at radius 1 is 1.04 bits per heavy atom. The van der Waals surface area contributed by atoms with Crippen LogP contribution in [0, 0.1) is 6.92 Å². The Balaban J connectivity index is 2.57. The lowest BCUT2D eigenvalue weighted by molar-refractivity contribution is 0.411. The molecule has 0 aliphatic heterocycles. The molecule has 24 heavy (non-hydrogen) atoms. The summed E-state index contributed by atoms with van der Waals surface area (Å²) in [5.41, 5.74) is 1.15. The molecule has 7 heteroatoms. The smallest absolute Gasteiger partial charge is 0.264 e. The van der Waals surface area contributed by atoms with Gasteiger partial charge in [-0.25, -0.2) is 8.42 Å². The topological polar surface area (TPSA) is 55.8 Å². The summed E-state index contributed by atoms with van der Waals surface area (Å²) in [4.78, 5) is 0.185. The van der Waals surface area contributed by atoms with E-state index in [0.29, 0.717) is 22.2 Å². The van der Waals surface area contributed by atoms with Crippen LogP contribution in [-0.2, 0) is 10.0 Å². The third kappa shape index (κ3) is 3.44. The van der Waals surface area contributed by atoms with Gasteiger partial charge in [-0.2, -0.15) is 0 Å². The minimum absolute atomic E-state index is 0.185. The molecule has 0 aliphatic carbocycles. The molecule has 2 rings (SSSR count). The first-order chi connectivity index (χ1) is 11.3. The van der Waals surface area contributed by atoms with Crippen LogP contribution < -0.4 is 13.8 Å². The van der Waals surface area contributed by atoms with Gasteiger partial charge in [-0.05, 0) is 55.8 Å². The summed E-state index contributed by atoms with van der Waals surface area (Å²) in [6.07, 6.45) is 0. The fourth-order valence-corrected chi connectivity index (χ4v) is 4.19. The molecule has 5 nitrogen and oxygen atoms in total. The van der Waals surface area contributed by atoms with E-state index in [4.69, 9.17) is 21.1 Å². The van der Waals surface area contributed by atoms with Crippen LogP contribution in [0.1, 0.15) is 12.5 Å². The summed E-state index contributed by atoms with van der Waals surface area (Å²) in [7, 11) is -0.724. The molecule has 0 unspecified atom stereocenters. The largest absolute Gasteiger partial charge is 0.496 e. The zero-order valence-corrected chi connectivity index (χ0v) is 15.6. The van der Waals surface area contributed by atoms with Gasteiger partial charge in [-0.3, -0.25) is 4.31 Å². The van der Waals surface area contributed by atoms with Crippen LogP contribution in [0.4, 0.5) is 5.69 Å². The Morgan fingerprint density at radius 3 is 2.21 bits per heavy atom. The van der Waals surface area contributed by atoms with Crippen molar-refractivity contribution in [2.45, 2.75) is 18.7 Å². The van der Waals surface area contributed by atoms with Crippen LogP contribution in [0.5, 0.6) is 11.5 Å². The normalized spacial score (nSPS) is 11.2. The molecule has 0 aliphatic rings. The van der Waals surface area contributed by atoms with Crippen LogP contribution in [-0.4, -0.2) is 29.2 Å². The lowest BCUT2D eigenvalue weighted by atomic mass is 10.2. The minimum atomic E-state index is -3.76. The molecular weight excluding hydrogens is 350 g/mol. The predicted molar refractivity (Wildman–Crippen MR) is 95.9 cm³/mol. The van der Waals surface area contributed by atoms with Gasteiger partial charge < -0.3 is 9.47 Å². The number of hydrogen-bond donors (Lipinski definition) is 0. The highest BCUT2D eigenvalue weighted by molar-refractivity contribution is 7.92. The molecule has 0 saturated carbocycles. The van der Waals surface area contributed by atoms with E-state index in [1.54, 1.807) is 51.3 Å². The van der Waals surface area contributed by atoms with Crippen molar-refractivity contribution in [2.75, 3.05) is 25.1 Å². The molecule has 0 atom stereocenters. The van der Waals surface area contributed by atoms with Gasteiger partial charge in [0.1, 0.15) is 11.5 Å². The molecule has 0 fully saturated rings. The quantitative estimate of drug-likeness (QED) is 0.775. The van der Waals surface area contributed by atoms with E-state index < -0.39 is 10.0 Å². The second kappa shape index (κ2) is 7.32. The average Bonchev–Trinajstić information content (AvgIpc) is 2.55. The highest BCUT2D eigenvalue weighted by Gasteiger charge is 2.26. The molecule has 0 amide bonds. The van der Waals surface area contributed by atoms with Gasteiger partial charge in [0.15, 0.2) is 0 Å². The summed E-state index contributed by atoms with van der Waals surface area (Å²) in [6.45, 7) is 3.80. The van der Waals surface area contributed by atoms with E-state index in [0.717, 1.165) is 5.56 Å². The number of ether oxygens (including phenoxy) is 2. The van der Waals surface area contributed by atoms with E-state index in [1.807, 2.05) is 0 Å². The monoisotopic (exact) mass is 369 g/mol. The summed E-state index contributed by atoms with van der Waals surface area (Å²) < 4.78 is 37.9. The van der Waals surface area contributed by atoms with Crippen LogP contribution in [0.25, 0.3) is 0 Å². The molecular formula is C17H20ClNO4S. The zero-order valence-electron chi connectivity index (χ0n) is 14.0. The number of hydrogen-bond acceptors (Lipinski definition) is 4. The number of methoxy groups -OCH3 is 2. The highest BCUT2D eigenvalue weighted by Crippen LogP contribution is 2.35. The lowest BCUT2D eigenvalue weighted by Gasteiger charge is -2.25. The zero-order chi connectivity index (χ0) is 17.9. The SMILES string of the molecule is CCN(c1cc(Cl)ccc1OC)S(=O)(=O)c1ccc(OC)c(C)c1. The Morgan fingerprint density at radius 2 is 1.67 bits per heavy atom. The molecule has 2 aromatic carbocycles. The lowest BCUT2D eigenvalue weighted by Crippen LogP contribution is -2.31. The first-order valence-corrected chi connectivity index (χ1v) is 9.17. The van der Waals surface area contributed by atoms with Crippen molar-refractivity contribution in [3.05, 3.63) is 47.0 Å². The maximum Gasteiger partial charge on any atom is 0.264 e. The molecule has 0 aromatic heterocycles. The number of benzene rings is 2. The van der Waals surface area contributed by atoms with Gasteiger partial charge in [0.25, 0.3) is 10.0 Å². The third-order valence-corrected chi connectivity index (χ3v) is 5.77. The summed E-state index contributed by atoms with van der Waals surface area (Å²) in [5.74, 6) is 1.08. The molecule has 2 aromatic rings. The summed E-state index contributed by atoms with van der Waals surface area (Å²) in [6, 6.07) is 9.65. The molecule has 0 heterocycles. The Labute approximate surface area is 147 Å². The number of nitrogens with zero attached hydrogens (tertiary/aromatic N) is 1. The summed E-state index contributed by atoms with van der Waals surface area (Å²) >= 11 is 6.04. The predicted octanol–water partition coefficient (Wildman–Crippen LogP) is 3.88. The van der Waals surface area contributed by atoms with Crippen molar-refractivity contribution in [3.63, 3.8) is 0 Å². The van der Waals surface area contributed by atoms with Crippen LogP contribution in [0.15, 0.2) is 41.3 Å². The van der Waals surface area contributed by atoms with E-state index >= 15 is 0 Å². The Bertz CT molecular complexity index is 836. The standard InChI is InChI=1S/C17H20ClNO4S/c1-5-19(15-11-13(18)6-8-17(15)23-4)24(20,21)14-7-9-16(22-3)12(2)10-14/h6-11H,5H2,1-4H3. The van der Waals surface area contributed by atoms with Crippen molar-refractivity contribution < 1.29 is 17.9 Å². The fraction of sp³-hybridized carbons (Fsp3) is 0.294. The van der Waals surface area contributed by atoms with E-state index in [2.05, 4.69) is 0 Å². The number of anilines is 1. The second-order valence-corrected chi connectivity index (χ2v) is 7.42. The first-order valence-electron chi connectivity index (χ1n) is 7.36. The molecule has 0 spiro atoms. The van der Waals surface area contributed by atoms with Crippen molar-refractivity contribution in [1.29, 1.82) is 0 Å². The Kier molecular flexibility index (Phi) is 5.62. The molecule has 0 radical (unpaired) electrons. The number of rotatable bonds is 6. The van der Waals surface area contributed by atoms with Gasteiger partial charge in [0.2, 0.25) is 0 Å². The maximum atomic E-state index is 13.1. The van der Waals surface area contributed by atoms with Crippen molar-refractivity contribution in [3.8, 4) is 11.5 Å². The van der Waals surface area contributed by atoms with Crippen LogP contribution >= 0.6 is 11.6 Å². The molecule has 130 valence electrons. The highest BCUT2D eigenvalue weighted by atomic mass is 35.5. The van der Waals surface area contributed by atoms with Gasteiger partial charge in [0, 0.05) is 11.6 Å². The van der Waals surface area contributed by atoms with E-state index in [9.17, 15) is 8.42 Å². The number of sulfonamides is 1. The third-order valence-electron chi connectivity index (χ3n) is 3.65. The van der Waals surface area contributed by atoms with E-state index in [-0.39, 0.29) is 11.4 Å². The summed E-state index contributed by atoms with van der Waals surface area (Å²) in [5, 5.41) is 0.436. The fourth-order valence-electron chi connectivity index (χ4n) is 2.47. The first kappa shape index (κ1) is 18.4. The van der Waals surface area contributed by atoms with Crippen molar-refractivity contribution in [1.82, 2.24) is 0 Å². The maximum absolute atomic E-state index is 13.1. The van der Waals surface area contributed by atoms with Gasteiger partial charge >= 0.3 is 0 Å². The second-order valence-electron chi connectivity index (χ2n) is 5.12. The van der Waals surface area contributed by atoms with Crippen molar-refractivity contribution >= 4 is 27.3 Å². The average molecular weight is 370 g/mol. The van der Waals surface area contributed by atoms with Gasteiger partial charge in [-0.1, -0.05) is 11.6 Å². The van der Waals surface area contributed by atoms with Gasteiger partial charge in [-0.15, -0.1) is 0 Å². The molecule has 0 bridgehead atoms. The van der Waals surface area contributed by atoms with E-state index in [1.165, 1.54) is 17.5 Å².